The van der Waals surface area contributed by atoms with E-state index >= 15 is 0 Å². The lowest BCUT2D eigenvalue weighted by molar-refractivity contribution is -0.157. The quantitative estimate of drug-likeness (QED) is 0.657. The molecule has 0 aromatic rings. The van der Waals surface area contributed by atoms with Crippen molar-refractivity contribution < 1.29 is 19.1 Å². The molecular formula is C12H20N2O4. The van der Waals surface area contributed by atoms with Crippen LogP contribution in [0.5, 0.6) is 0 Å². The van der Waals surface area contributed by atoms with Crippen molar-refractivity contribution in [2.75, 3.05) is 33.3 Å². The normalized spacial score (nSPS) is 17.1. The molecule has 0 aromatic heterocycles. The van der Waals surface area contributed by atoms with Crippen molar-refractivity contribution in [2.24, 2.45) is 5.41 Å². The van der Waals surface area contributed by atoms with Crippen molar-refractivity contribution in [3.8, 4) is 0 Å². The lowest BCUT2D eigenvalue weighted by Gasteiger charge is -2.36. The highest BCUT2D eigenvalue weighted by atomic mass is 16.5. The van der Waals surface area contributed by atoms with Crippen LogP contribution in [0.1, 0.15) is 20.8 Å². The second-order valence-corrected chi connectivity index (χ2v) is 5.03. The molecule has 1 aliphatic heterocycles. The van der Waals surface area contributed by atoms with Gasteiger partial charge in [0.05, 0.1) is 25.6 Å². The van der Waals surface area contributed by atoms with Crippen molar-refractivity contribution >= 4 is 17.8 Å². The van der Waals surface area contributed by atoms with Gasteiger partial charge in [-0.15, -0.1) is 0 Å². The summed E-state index contributed by atoms with van der Waals surface area (Å²) in [5, 5.41) is 0. The van der Waals surface area contributed by atoms with Crippen LogP contribution in [0.3, 0.4) is 0 Å². The van der Waals surface area contributed by atoms with Crippen molar-refractivity contribution in [3.05, 3.63) is 0 Å². The standard InChI is InChI=1S/C12H20N2O4/c1-5-13-6-10(16)14(7-9(13)15)8-12(2,3)11(17)18-4/h5-8H2,1-4H3. The van der Waals surface area contributed by atoms with E-state index in [4.69, 9.17) is 0 Å². The topological polar surface area (TPSA) is 66.9 Å². The fourth-order valence-electron chi connectivity index (χ4n) is 1.95. The molecule has 6 nitrogen and oxygen atoms in total. The molecule has 2 amide bonds. The van der Waals surface area contributed by atoms with Gasteiger partial charge in [0.15, 0.2) is 0 Å². The molecule has 1 rings (SSSR count). The molecule has 102 valence electrons. The van der Waals surface area contributed by atoms with Crippen molar-refractivity contribution in [2.45, 2.75) is 20.8 Å². The lowest BCUT2D eigenvalue weighted by Crippen LogP contribution is -2.56. The summed E-state index contributed by atoms with van der Waals surface area (Å²) in [6.07, 6.45) is 0. The van der Waals surface area contributed by atoms with E-state index in [-0.39, 0.29) is 37.4 Å². The van der Waals surface area contributed by atoms with Gasteiger partial charge >= 0.3 is 5.97 Å². The number of hydrogen-bond acceptors (Lipinski definition) is 4. The van der Waals surface area contributed by atoms with Gasteiger partial charge in [0, 0.05) is 13.1 Å². The minimum atomic E-state index is -0.806. The van der Waals surface area contributed by atoms with Crippen LogP contribution in [-0.4, -0.2) is 60.9 Å². The molecule has 6 heteroatoms. The number of esters is 1. The summed E-state index contributed by atoms with van der Waals surface area (Å²) in [5.41, 5.74) is -0.806. The molecule has 0 spiro atoms. The number of methoxy groups -OCH3 is 1. The number of ether oxygens (including phenoxy) is 1. The Morgan fingerprint density at radius 2 is 1.72 bits per heavy atom. The predicted octanol–water partition coefficient (Wildman–Crippen LogP) is -0.124. The van der Waals surface area contributed by atoms with E-state index in [0.29, 0.717) is 6.54 Å². The zero-order valence-corrected chi connectivity index (χ0v) is 11.4. The molecule has 0 aliphatic carbocycles. The first-order chi connectivity index (χ1) is 8.31. The van der Waals surface area contributed by atoms with E-state index < -0.39 is 5.41 Å². The van der Waals surface area contributed by atoms with Crippen molar-refractivity contribution in [1.82, 2.24) is 9.80 Å². The van der Waals surface area contributed by atoms with Crippen LogP contribution in [0.2, 0.25) is 0 Å². The van der Waals surface area contributed by atoms with Gasteiger partial charge in [0.25, 0.3) is 0 Å². The molecule has 0 N–H and O–H groups in total. The molecule has 0 bridgehead atoms. The SMILES string of the molecule is CCN1CC(=O)N(CC(C)(C)C(=O)OC)CC1=O. The van der Waals surface area contributed by atoms with Gasteiger partial charge in [-0.2, -0.15) is 0 Å². The Labute approximate surface area is 107 Å². The van der Waals surface area contributed by atoms with Gasteiger partial charge in [-0.25, -0.2) is 0 Å². The molecule has 1 fully saturated rings. The maximum Gasteiger partial charge on any atom is 0.313 e. The Balaban J connectivity index is 2.71. The van der Waals surface area contributed by atoms with E-state index in [1.165, 1.54) is 16.9 Å². The number of nitrogens with zero attached hydrogens (tertiary/aromatic N) is 2. The molecule has 1 heterocycles. The average molecular weight is 256 g/mol. The summed E-state index contributed by atoms with van der Waals surface area (Å²) in [4.78, 5) is 38.1. The number of rotatable bonds is 4. The fraction of sp³-hybridized carbons (Fsp3) is 0.750. The van der Waals surface area contributed by atoms with E-state index in [1.807, 2.05) is 6.92 Å². The third kappa shape index (κ3) is 3.00. The summed E-state index contributed by atoms with van der Waals surface area (Å²) in [7, 11) is 1.31. The van der Waals surface area contributed by atoms with Gasteiger partial charge in [-0.3, -0.25) is 14.4 Å². The molecular weight excluding hydrogens is 236 g/mol. The van der Waals surface area contributed by atoms with Crippen LogP contribution in [0, 0.1) is 5.41 Å². The predicted molar refractivity (Wildman–Crippen MR) is 64.6 cm³/mol. The first kappa shape index (κ1) is 14.5. The Bertz CT molecular complexity index is 365. The van der Waals surface area contributed by atoms with Crippen molar-refractivity contribution in [3.63, 3.8) is 0 Å². The summed E-state index contributed by atoms with van der Waals surface area (Å²) in [6, 6.07) is 0. The Morgan fingerprint density at radius 3 is 2.22 bits per heavy atom. The first-order valence-electron chi connectivity index (χ1n) is 5.95. The Hall–Kier alpha value is -1.59. The molecule has 0 radical (unpaired) electrons. The highest BCUT2D eigenvalue weighted by molar-refractivity contribution is 5.92. The molecule has 1 saturated heterocycles. The third-order valence-corrected chi connectivity index (χ3v) is 3.06. The minimum Gasteiger partial charge on any atom is -0.469 e. The van der Waals surface area contributed by atoms with Crippen LogP contribution in [-0.2, 0) is 19.1 Å². The smallest absolute Gasteiger partial charge is 0.313 e. The summed E-state index contributed by atoms with van der Waals surface area (Å²) in [5.74, 6) is -0.605. The summed E-state index contributed by atoms with van der Waals surface area (Å²) in [6.45, 7) is 6.07. The molecule has 18 heavy (non-hydrogen) atoms. The van der Waals surface area contributed by atoms with Crippen molar-refractivity contribution in [1.29, 1.82) is 0 Å². The monoisotopic (exact) mass is 256 g/mol. The fourth-order valence-corrected chi connectivity index (χ4v) is 1.95. The number of carbonyl (C=O) groups is 3. The third-order valence-electron chi connectivity index (χ3n) is 3.06. The average Bonchev–Trinajstić information content (AvgIpc) is 2.31. The molecule has 0 saturated carbocycles. The lowest BCUT2D eigenvalue weighted by atomic mass is 9.92. The van der Waals surface area contributed by atoms with E-state index in [1.54, 1.807) is 13.8 Å². The van der Waals surface area contributed by atoms with Crippen LogP contribution in [0.15, 0.2) is 0 Å². The Kier molecular flexibility index (Phi) is 4.32. The largest absolute Gasteiger partial charge is 0.469 e. The maximum atomic E-state index is 11.9. The summed E-state index contributed by atoms with van der Waals surface area (Å²) >= 11 is 0. The zero-order valence-electron chi connectivity index (χ0n) is 11.4. The van der Waals surface area contributed by atoms with Crippen LogP contribution < -0.4 is 0 Å². The molecule has 0 atom stereocenters. The molecule has 1 aliphatic rings. The zero-order chi connectivity index (χ0) is 13.9. The van der Waals surface area contributed by atoms with Gasteiger partial charge < -0.3 is 14.5 Å². The van der Waals surface area contributed by atoms with E-state index in [0.717, 1.165) is 0 Å². The number of hydrogen-bond donors (Lipinski definition) is 0. The number of likely N-dealkylation sites (N-methyl/N-ethyl adjacent to an activating group) is 1. The van der Waals surface area contributed by atoms with Gasteiger partial charge in [-0.05, 0) is 20.8 Å². The maximum absolute atomic E-state index is 11.9. The van der Waals surface area contributed by atoms with E-state index in [2.05, 4.69) is 4.74 Å². The minimum absolute atomic E-state index is 0.0348. The summed E-state index contributed by atoms with van der Waals surface area (Å²) < 4.78 is 4.69. The second-order valence-electron chi connectivity index (χ2n) is 5.03. The number of amides is 2. The molecule has 0 aromatic carbocycles. The van der Waals surface area contributed by atoms with E-state index in [9.17, 15) is 14.4 Å². The van der Waals surface area contributed by atoms with Gasteiger partial charge in [-0.1, -0.05) is 0 Å². The second kappa shape index (κ2) is 5.37. The van der Waals surface area contributed by atoms with Crippen LogP contribution >= 0.6 is 0 Å². The van der Waals surface area contributed by atoms with Crippen LogP contribution in [0.4, 0.5) is 0 Å². The molecule has 0 unspecified atom stereocenters. The van der Waals surface area contributed by atoms with Gasteiger partial charge in [0.2, 0.25) is 11.8 Å². The van der Waals surface area contributed by atoms with Gasteiger partial charge in [0.1, 0.15) is 0 Å². The number of piperazine rings is 1. The van der Waals surface area contributed by atoms with Crippen LogP contribution in [0.25, 0.3) is 0 Å². The highest BCUT2D eigenvalue weighted by Gasteiger charge is 2.36. The Morgan fingerprint density at radius 1 is 1.22 bits per heavy atom. The highest BCUT2D eigenvalue weighted by Crippen LogP contribution is 2.20. The first-order valence-corrected chi connectivity index (χ1v) is 5.95. The number of carbonyl (C=O) groups excluding carboxylic acids is 3.